The van der Waals surface area contributed by atoms with Crippen LogP contribution in [0, 0.1) is 23.3 Å². The highest BCUT2D eigenvalue weighted by molar-refractivity contribution is 9.10. The van der Waals surface area contributed by atoms with Crippen molar-refractivity contribution in [2.45, 2.75) is 259 Å². The molecule has 12 aromatic heterocycles. The number of fused-ring (bicyclic) bond motifs is 7. The van der Waals surface area contributed by atoms with Crippen LogP contribution in [0.1, 0.15) is 233 Å². The van der Waals surface area contributed by atoms with E-state index in [1.54, 1.807) is 30.0 Å². The fourth-order valence-corrected chi connectivity index (χ4v) is 17.4. The van der Waals surface area contributed by atoms with Gasteiger partial charge < -0.3 is 61.4 Å². The van der Waals surface area contributed by atoms with Crippen molar-refractivity contribution in [1.29, 1.82) is 0 Å². The van der Waals surface area contributed by atoms with Crippen LogP contribution in [-0.2, 0) is 70.8 Å². The first kappa shape index (κ1) is 111. The standard InChI is InChI=1S/C30H36FN7O4.C25H28FN7O2.C17H20FN5O2S.C14H20N2O2.C9H12N4OS.C8H9BrFNO/c1-17(2)37-26(39)21-15-32-27(35-25(21)38(37)23-11-10-22(31)24(34-23)30(6,7)41)33-20-9-8-19-16-36(13-12-18(19)14-20)28(40)42-29(3,4)5;1-14(2)32-23(34)18-13-28-24(29-17-6-5-16-12-27-10-9-15(16)11-17)31-22(18)33(32)20-8-7-19(26)21(30-20)25(3,4)35;1-9(2)22-15(24)10-8-19-16(26-5)21-14(10)23(22)12-7-6-11(18)13(20-12)17(3,4)25;1-14(2,3)18-13(17)16-7-6-10-8-12(15)5-4-11(10)9-16;1-5(2)13-8(14)6-4-10-9(15-3)11-7(6)12-13;1-8(2,12)7-5(10)3-4-6(9)11-7/h8-11,14-15,17,41H,12-13,16H2,1-7H3,(H,32,33,35);5-8,11,13-14,27,35H,9-10,12H2,1-4H3,(H,28,29,31);6-9,25H,1-5H3;4-5,8H,6-7,9,15H2,1-3H3;4-5H,1-3H3,(H,10,11,12);3-4,12H,1-2H3. The van der Waals surface area contributed by atoms with Gasteiger partial charge in [0, 0.05) is 98.7 Å². The van der Waals surface area contributed by atoms with Crippen LogP contribution < -0.4 is 43.9 Å². The van der Waals surface area contributed by atoms with Crippen molar-refractivity contribution in [3.05, 3.63) is 253 Å². The maximum absolute atomic E-state index is 14.6. The van der Waals surface area contributed by atoms with Crippen LogP contribution in [0.25, 0.3) is 61.6 Å². The molecular weight excluding hydrogens is 2010 g/mol. The second kappa shape index (κ2) is 44.8. The Morgan fingerprint density at radius 3 is 1.17 bits per heavy atom. The fourth-order valence-electron chi connectivity index (χ4n) is 16.4. The van der Waals surface area contributed by atoms with Gasteiger partial charge in [0.05, 0.1) is 0 Å². The van der Waals surface area contributed by atoms with E-state index in [1.165, 1.54) is 181 Å². The Hall–Kier alpha value is -13.7. The molecule has 3 aromatic carbocycles. The lowest BCUT2D eigenvalue weighted by atomic mass is 9.99. The summed E-state index contributed by atoms with van der Waals surface area (Å²) < 4.78 is 78.3. The molecule has 0 atom stereocenters. The van der Waals surface area contributed by atoms with Crippen LogP contribution in [0.2, 0.25) is 0 Å². The summed E-state index contributed by atoms with van der Waals surface area (Å²) in [6, 6.07) is 28.0. The Morgan fingerprint density at radius 2 is 0.784 bits per heavy atom. The molecule has 2 amide bonds. The third kappa shape index (κ3) is 26.0. The number of rotatable bonds is 17. The predicted molar refractivity (Wildman–Crippen MR) is 565 cm³/mol. The zero-order chi connectivity index (χ0) is 108. The van der Waals surface area contributed by atoms with Crippen molar-refractivity contribution >= 4 is 125 Å². The average Bonchev–Trinajstić information content (AvgIpc) is 1.60. The molecule has 0 saturated carbocycles. The molecule has 0 radical (unpaired) electrons. The molecule has 3 aliphatic rings. The summed E-state index contributed by atoms with van der Waals surface area (Å²) in [5.41, 5.74) is 8.85. The van der Waals surface area contributed by atoms with Crippen molar-refractivity contribution in [3.63, 3.8) is 0 Å². The minimum absolute atomic E-state index is 0.0527. The van der Waals surface area contributed by atoms with Gasteiger partial charge in [0.2, 0.25) is 11.9 Å². The Labute approximate surface area is 868 Å². The lowest BCUT2D eigenvalue weighted by molar-refractivity contribution is 0.0214. The van der Waals surface area contributed by atoms with Crippen molar-refractivity contribution in [2.75, 3.05) is 48.5 Å². The number of hydrogen-bond donors (Lipinski definition) is 9. The SMILES string of the molecule is CC(C)(C)OC(=O)N1CCc2cc(N)ccc2C1.CC(C)(O)c1nc(Br)ccc1F.CC(C)n1c(=O)c2cnc(Nc3ccc4c(c3)CCN(C(=O)OC(C)(C)C)C4)nc2n1-c1ccc(F)c(C(C)(C)O)n1.CC(C)n1c(=O)c2cnc(Nc3ccc4c(c3)CCNC4)nc2n1-c1ccc(F)c(C(C)(C)O)n1.CSc1ncc2c(=O)n(C(C)C)[nH]c2n1.CSc1ncc2c(=O)n(C(C)C)n(-c3ccc(F)c(C(C)(C)O)n3)c2n1. The average molecular weight is 2140 g/mol. The number of thioether (sulfide) groups is 2. The first-order chi connectivity index (χ1) is 69.3. The van der Waals surface area contributed by atoms with Gasteiger partial charge in [-0.15, -0.1) is 0 Å². The number of carbonyl (C=O) groups is 2. The highest BCUT2D eigenvalue weighted by Gasteiger charge is 2.34. The lowest BCUT2D eigenvalue weighted by Crippen LogP contribution is -2.39. The number of aromatic nitrogens is 20. The molecule has 0 saturated heterocycles. The number of H-pyrrole nitrogens is 1. The summed E-state index contributed by atoms with van der Waals surface area (Å²) in [6.45, 7) is 42.0. The smallest absolute Gasteiger partial charge is 0.410 e. The molecule has 38 nitrogen and oxygen atoms in total. The zero-order valence-corrected chi connectivity index (χ0v) is 90.2. The normalized spacial score (nSPS) is 13.4. The molecule has 10 N–H and O–H groups in total. The van der Waals surface area contributed by atoms with Crippen molar-refractivity contribution in [3.8, 4) is 17.5 Å². The van der Waals surface area contributed by atoms with E-state index in [0.29, 0.717) is 92.4 Å². The number of amides is 2. The van der Waals surface area contributed by atoms with Crippen molar-refractivity contribution in [1.82, 2.24) is 113 Å². The van der Waals surface area contributed by atoms with Gasteiger partial charge in [-0.2, -0.15) is 9.97 Å². The number of ether oxygens (including phenoxy) is 2. The molecule has 0 aliphatic carbocycles. The molecule has 45 heteroatoms. The van der Waals surface area contributed by atoms with Gasteiger partial charge in [-0.25, -0.2) is 110 Å². The largest absolute Gasteiger partial charge is 0.444 e. The molecular formula is C103H125BrF4N26O12S2. The van der Waals surface area contributed by atoms with E-state index < -0.39 is 56.9 Å². The zero-order valence-electron chi connectivity index (χ0n) is 87.0. The molecule has 18 rings (SSSR count). The number of nitrogens with one attached hydrogen (secondary N) is 4. The number of nitrogens with zero attached hydrogens (tertiary/aromatic N) is 21. The molecule has 0 spiro atoms. The number of benzene rings is 3. The maximum Gasteiger partial charge on any atom is 0.410 e. The summed E-state index contributed by atoms with van der Waals surface area (Å²) in [4.78, 5) is 131. The number of hydrogen-bond acceptors (Lipinski definition) is 30. The third-order valence-electron chi connectivity index (χ3n) is 23.3. The number of pyridine rings is 4. The van der Waals surface area contributed by atoms with Gasteiger partial charge in [0.15, 0.2) is 50.4 Å². The van der Waals surface area contributed by atoms with E-state index in [0.717, 1.165) is 59.7 Å². The van der Waals surface area contributed by atoms with E-state index in [1.807, 2.05) is 152 Å². The number of nitrogen functional groups attached to an aromatic ring is 1. The van der Waals surface area contributed by atoms with Crippen LogP contribution in [0.5, 0.6) is 0 Å². The van der Waals surface area contributed by atoms with Gasteiger partial charge in [-0.3, -0.25) is 24.3 Å². The van der Waals surface area contributed by atoms with Gasteiger partial charge in [0.25, 0.3) is 22.2 Å². The molecule has 786 valence electrons. The minimum atomic E-state index is -1.54. The van der Waals surface area contributed by atoms with Gasteiger partial charge >= 0.3 is 12.2 Å². The van der Waals surface area contributed by atoms with Gasteiger partial charge in [0.1, 0.15) is 106 Å². The fraction of sp³-hybridized carbons (Fsp3) is 0.417. The molecule has 0 unspecified atom stereocenters. The van der Waals surface area contributed by atoms with Crippen LogP contribution in [0.15, 0.2) is 162 Å². The summed E-state index contributed by atoms with van der Waals surface area (Å²) in [6.07, 6.45) is 11.6. The predicted octanol–water partition coefficient (Wildman–Crippen LogP) is 17.1. The number of carbonyl (C=O) groups excluding carboxylic acids is 2. The van der Waals surface area contributed by atoms with Crippen LogP contribution in [-0.4, -0.2) is 183 Å². The number of nitrogens with two attached hydrogens (primary N) is 1. The Morgan fingerprint density at radius 1 is 0.426 bits per heavy atom. The second-order valence-electron chi connectivity index (χ2n) is 40.8. The summed E-state index contributed by atoms with van der Waals surface area (Å²) >= 11 is 5.91. The van der Waals surface area contributed by atoms with E-state index in [-0.39, 0.29) is 110 Å². The monoisotopic (exact) mass is 2140 g/mol. The Balaban J connectivity index is 0.000000156. The van der Waals surface area contributed by atoms with Gasteiger partial charge in [-0.1, -0.05) is 41.7 Å². The van der Waals surface area contributed by atoms with E-state index in [2.05, 4.69) is 109 Å². The highest BCUT2D eigenvalue weighted by Crippen LogP contribution is 2.35. The Bertz CT molecular complexity index is 7730. The summed E-state index contributed by atoms with van der Waals surface area (Å²) in [7, 11) is 0. The van der Waals surface area contributed by atoms with Gasteiger partial charge in [-0.05, 0) is 325 Å². The molecule has 3 aliphatic heterocycles. The molecule has 15 aromatic rings. The highest BCUT2D eigenvalue weighted by atomic mass is 79.9. The van der Waals surface area contributed by atoms with Crippen molar-refractivity contribution in [2.24, 2.45) is 0 Å². The lowest BCUT2D eigenvalue weighted by Gasteiger charge is -2.31. The van der Waals surface area contributed by atoms with E-state index in [4.69, 9.17) is 15.2 Å². The molecule has 15 heterocycles. The number of aliphatic hydroxyl groups is 4. The van der Waals surface area contributed by atoms with E-state index >= 15 is 0 Å². The quantitative estimate of drug-likeness (QED) is 0.0134. The van der Waals surface area contributed by atoms with Crippen LogP contribution in [0.3, 0.4) is 0 Å². The van der Waals surface area contributed by atoms with Crippen molar-refractivity contribution < 1.29 is 57.1 Å². The van der Waals surface area contributed by atoms with Crippen LogP contribution >= 0.6 is 39.5 Å². The summed E-state index contributed by atoms with van der Waals surface area (Å²) in [5.74, 6) is -0.997. The number of anilines is 5. The molecule has 0 bridgehead atoms. The number of halogens is 5. The topological polar surface area (TPSA) is 475 Å². The maximum atomic E-state index is 14.6. The molecule has 148 heavy (non-hydrogen) atoms. The first-order valence-corrected chi connectivity index (χ1v) is 51.2. The van der Waals surface area contributed by atoms with E-state index in [9.17, 15) is 66.8 Å². The minimum Gasteiger partial charge on any atom is -0.444 e. The molecule has 0 fully saturated rings. The number of aromatic amines is 1. The van der Waals surface area contributed by atoms with Crippen LogP contribution in [0.4, 0.5) is 56.1 Å². The first-order valence-electron chi connectivity index (χ1n) is 47.9. The summed E-state index contributed by atoms with van der Waals surface area (Å²) in [5, 5.41) is 56.0. The third-order valence-corrected chi connectivity index (χ3v) is 24.8. The second-order valence-corrected chi connectivity index (χ2v) is 43.2. The Kier molecular flexibility index (Phi) is 33.7.